The summed E-state index contributed by atoms with van der Waals surface area (Å²) in [5, 5.41) is 15.1. The quantitative estimate of drug-likeness (QED) is 0.241. The molecule has 2 N–H and O–H groups in total. The number of benzene rings is 3. The van der Waals surface area contributed by atoms with Gasteiger partial charge in [-0.2, -0.15) is 0 Å². The number of H-pyrrole nitrogens is 1. The summed E-state index contributed by atoms with van der Waals surface area (Å²) in [5.74, 6) is 1.22. The summed E-state index contributed by atoms with van der Waals surface area (Å²) < 4.78 is 13.9. The number of likely N-dealkylation sites (tertiary alicyclic amines) is 1. The molecule has 2 saturated heterocycles. The minimum Gasteiger partial charge on any atom is -0.497 e. The molecular weight excluding hydrogens is 582 g/mol. The molecule has 238 valence electrons. The number of aromatic amines is 1. The van der Waals surface area contributed by atoms with Gasteiger partial charge in [0.25, 0.3) is 5.56 Å². The number of aromatic nitrogens is 2. The Morgan fingerprint density at radius 1 is 1.04 bits per heavy atom. The molecule has 6 rings (SSSR count). The van der Waals surface area contributed by atoms with Crippen LogP contribution in [-0.4, -0.2) is 72.3 Å². The van der Waals surface area contributed by atoms with Gasteiger partial charge in [0, 0.05) is 6.54 Å². The van der Waals surface area contributed by atoms with E-state index >= 15 is 0 Å². The van der Waals surface area contributed by atoms with Crippen molar-refractivity contribution in [2.24, 2.45) is 5.92 Å². The van der Waals surface area contributed by atoms with Gasteiger partial charge in [-0.15, -0.1) is 0 Å². The molecule has 0 bridgehead atoms. The molecule has 4 aromatic rings. The van der Waals surface area contributed by atoms with Crippen LogP contribution in [0.15, 0.2) is 77.6 Å². The van der Waals surface area contributed by atoms with Gasteiger partial charge in [0.05, 0.1) is 63.1 Å². The first kappa shape index (κ1) is 31.3. The molecule has 9 heteroatoms. The number of aryl methyl sites for hydroxylation is 1. The van der Waals surface area contributed by atoms with Crippen LogP contribution in [0.2, 0.25) is 18.6 Å². The molecule has 0 aliphatic carbocycles. The van der Waals surface area contributed by atoms with E-state index in [-0.39, 0.29) is 47.8 Å². The lowest BCUT2D eigenvalue weighted by Crippen LogP contribution is -2.51. The third-order valence-corrected chi connectivity index (χ3v) is 14.7. The minimum atomic E-state index is -2.09. The minimum absolute atomic E-state index is 0.0134. The highest BCUT2D eigenvalue weighted by Gasteiger charge is 2.51. The van der Waals surface area contributed by atoms with Crippen LogP contribution in [0.1, 0.15) is 38.2 Å². The first-order valence-corrected chi connectivity index (χ1v) is 19.3. The van der Waals surface area contributed by atoms with Gasteiger partial charge in [-0.3, -0.25) is 14.7 Å². The fourth-order valence-electron chi connectivity index (χ4n) is 7.85. The number of rotatable bonds is 10. The largest absolute Gasteiger partial charge is 0.497 e. The van der Waals surface area contributed by atoms with Gasteiger partial charge >= 0.3 is 0 Å². The van der Waals surface area contributed by atoms with Crippen molar-refractivity contribution in [3.8, 4) is 11.4 Å². The highest BCUT2D eigenvalue weighted by atomic mass is 28.3. The predicted octanol–water partition coefficient (Wildman–Crippen LogP) is 5.02. The summed E-state index contributed by atoms with van der Waals surface area (Å²) in [6, 6.07) is 24.1. The Hall–Kier alpha value is -3.66. The number of aliphatic hydroxyl groups excluding tert-OH is 1. The van der Waals surface area contributed by atoms with Crippen molar-refractivity contribution in [2.75, 3.05) is 20.3 Å². The Morgan fingerprint density at radius 3 is 2.47 bits per heavy atom. The lowest BCUT2D eigenvalue weighted by molar-refractivity contribution is -0.135. The number of nitrogens with zero attached hydrogens (tertiary/aromatic N) is 2. The predicted molar refractivity (Wildman–Crippen MR) is 180 cm³/mol. The summed E-state index contributed by atoms with van der Waals surface area (Å²) in [7, 11) is -0.407. The Morgan fingerprint density at radius 2 is 1.78 bits per heavy atom. The zero-order chi connectivity index (χ0) is 31.7. The van der Waals surface area contributed by atoms with Crippen LogP contribution < -0.4 is 15.5 Å². The van der Waals surface area contributed by atoms with E-state index in [1.54, 1.807) is 11.8 Å². The Kier molecular flexibility index (Phi) is 9.04. The van der Waals surface area contributed by atoms with Crippen molar-refractivity contribution in [3.63, 3.8) is 0 Å². The number of fused-ring (bicyclic) bond motifs is 1. The molecule has 2 aliphatic rings. The van der Waals surface area contributed by atoms with Crippen molar-refractivity contribution in [1.82, 2.24) is 14.7 Å². The smallest absolute Gasteiger partial charge is 0.279 e. The number of nitrogens with one attached hydrogen (secondary N) is 1. The zero-order valence-corrected chi connectivity index (χ0v) is 27.7. The maximum atomic E-state index is 13.6. The average molecular weight is 628 g/mol. The first-order chi connectivity index (χ1) is 21.7. The highest BCUT2D eigenvalue weighted by molar-refractivity contribution is 6.91. The number of carbonyl (C=O) groups excluding carboxylic acids is 1. The molecule has 2 fully saturated rings. The fourth-order valence-corrected chi connectivity index (χ4v) is 11.9. The SMILES string of the molecule is COc1ccc([Si](C)(C)[C@@H]2[C@@H](C)[C@@H](CCc3ccc(-n4[nH]c5ccccc5c4=O)cc3)O[C@H]2CC(=O)N2CCC[C@H]2CO)cc1. The van der Waals surface area contributed by atoms with Crippen LogP contribution in [0.3, 0.4) is 0 Å². The number of aliphatic hydroxyl groups is 1. The van der Waals surface area contributed by atoms with Crippen LogP contribution >= 0.6 is 0 Å². The van der Waals surface area contributed by atoms with Crippen molar-refractivity contribution in [2.45, 2.75) is 75.9 Å². The van der Waals surface area contributed by atoms with Crippen LogP contribution in [-0.2, 0) is 16.0 Å². The molecular formula is C36H45N3O5Si. The third kappa shape index (κ3) is 6.13. The molecule has 3 aromatic carbocycles. The van der Waals surface area contributed by atoms with Crippen LogP contribution in [0.25, 0.3) is 16.6 Å². The molecule has 0 radical (unpaired) electrons. The van der Waals surface area contributed by atoms with Gasteiger partial charge in [-0.05, 0) is 79.1 Å². The summed E-state index contributed by atoms with van der Waals surface area (Å²) in [6.45, 7) is 7.82. The first-order valence-electron chi connectivity index (χ1n) is 16.2. The van der Waals surface area contributed by atoms with E-state index in [4.69, 9.17) is 9.47 Å². The normalized spacial score (nSPS) is 23.6. The average Bonchev–Trinajstić information content (AvgIpc) is 3.76. The molecule has 1 aromatic heterocycles. The maximum absolute atomic E-state index is 13.6. The molecule has 1 amide bonds. The van der Waals surface area contributed by atoms with Gasteiger partial charge < -0.3 is 19.5 Å². The molecule has 3 heterocycles. The number of carbonyl (C=O) groups is 1. The lowest BCUT2D eigenvalue weighted by Gasteiger charge is -2.36. The van der Waals surface area contributed by atoms with Crippen LogP contribution in [0, 0.1) is 5.92 Å². The number of ether oxygens (including phenoxy) is 2. The number of para-hydroxylation sites is 1. The summed E-state index contributed by atoms with van der Waals surface area (Å²) in [4.78, 5) is 28.4. The van der Waals surface area contributed by atoms with Crippen LogP contribution in [0.4, 0.5) is 0 Å². The Balaban J connectivity index is 1.20. The Bertz CT molecular complexity index is 1680. The standard InChI is InChI=1S/C36H45N3O5Si/c1-24-32(20-13-25-11-14-26(15-12-25)39-36(42)30-9-5-6-10-31(30)37-39)44-33(22-34(41)38-21-7-8-27(38)23-40)35(24)45(3,4)29-18-16-28(43-2)17-19-29/h5-6,9-12,14-19,24,27,32-33,35,37,40H,7-8,13,20-23H2,1-4H3/t24-,27-,32+,33-,35+/m0/s1. The monoisotopic (exact) mass is 627 g/mol. The number of methoxy groups -OCH3 is 1. The van der Waals surface area contributed by atoms with Crippen molar-refractivity contribution < 1.29 is 19.4 Å². The molecule has 0 unspecified atom stereocenters. The molecule has 5 atom stereocenters. The van der Waals surface area contributed by atoms with Gasteiger partial charge in [-0.1, -0.05) is 61.6 Å². The molecule has 0 saturated carbocycles. The van der Waals surface area contributed by atoms with E-state index in [1.807, 2.05) is 53.4 Å². The van der Waals surface area contributed by atoms with E-state index < -0.39 is 8.07 Å². The van der Waals surface area contributed by atoms with Gasteiger partial charge in [0.15, 0.2) is 0 Å². The third-order valence-electron chi connectivity index (χ3n) is 10.4. The second-order valence-electron chi connectivity index (χ2n) is 13.3. The van der Waals surface area contributed by atoms with Crippen molar-refractivity contribution in [3.05, 3.63) is 88.7 Å². The van der Waals surface area contributed by atoms with E-state index in [9.17, 15) is 14.7 Å². The molecule has 45 heavy (non-hydrogen) atoms. The molecule has 2 aliphatic heterocycles. The number of hydrogen-bond donors (Lipinski definition) is 2. The van der Waals surface area contributed by atoms with Gasteiger partial charge in [0.1, 0.15) is 5.75 Å². The second-order valence-corrected chi connectivity index (χ2v) is 18.0. The topological polar surface area (TPSA) is 96.8 Å². The maximum Gasteiger partial charge on any atom is 0.279 e. The number of amides is 1. The van der Waals surface area contributed by atoms with Crippen LogP contribution in [0.5, 0.6) is 5.75 Å². The summed E-state index contributed by atoms with van der Waals surface area (Å²) in [5.41, 5.74) is 3.01. The summed E-state index contributed by atoms with van der Waals surface area (Å²) >= 11 is 0. The van der Waals surface area contributed by atoms with Gasteiger partial charge in [-0.25, -0.2) is 4.68 Å². The molecule has 8 nitrogen and oxygen atoms in total. The second kappa shape index (κ2) is 13.0. The van der Waals surface area contributed by atoms with E-state index in [2.05, 4.69) is 49.4 Å². The number of hydrogen-bond acceptors (Lipinski definition) is 5. The van der Waals surface area contributed by atoms with Gasteiger partial charge in [0.2, 0.25) is 5.91 Å². The van der Waals surface area contributed by atoms with Crippen molar-refractivity contribution >= 4 is 30.1 Å². The zero-order valence-electron chi connectivity index (χ0n) is 26.7. The fraction of sp³-hybridized carbons (Fsp3) is 0.444. The lowest BCUT2D eigenvalue weighted by atomic mass is 9.95. The summed E-state index contributed by atoms with van der Waals surface area (Å²) in [6.07, 6.45) is 3.69. The Labute approximate surface area is 266 Å². The van der Waals surface area contributed by atoms with Crippen molar-refractivity contribution in [1.29, 1.82) is 0 Å². The van der Waals surface area contributed by atoms with E-state index in [1.165, 1.54) is 10.8 Å². The van der Waals surface area contributed by atoms with E-state index in [0.29, 0.717) is 18.4 Å². The molecule has 0 spiro atoms. The van der Waals surface area contributed by atoms with E-state index in [0.717, 1.165) is 42.6 Å². The highest BCUT2D eigenvalue weighted by Crippen LogP contribution is 2.46.